The Morgan fingerprint density at radius 2 is 0.833 bits per heavy atom. The quantitative estimate of drug-likeness (QED) is 0.122. The lowest BCUT2D eigenvalue weighted by molar-refractivity contribution is 0.0661. The van der Waals surface area contributed by atoms with Gasteiger partial charge in [-0.25, -0.2) is 0 Å². The summed E-state index contributed by atoms with van der Waals surface area (Å²) in [4.78, 5) is 34.7. The van der Waals surface area contributed by atoms with Gasteiger partial charge < -0.3 is 0 Å². The van der Waals surface area contributed by atoms with Crippen molar-refractivity contribution in [2.75, 3.05) is 42.3 Å². The molecule has 0 heterocycles. The minimum absolute atomic E-state index is 0.0343. The van der Waals surface area contributed by atoms with E-state index >= 15 is 0 Å². The number of Topliss-reactive ketones (excluding diaryl/α,β-unsaturated/α-hetero) is 2. The fourth-order valence-corrected chi connectivity index (χ4v) is 7.13. The van der Waals surface area contributed by atoms with Crippen LogP contribution in [-0.4, -0.2) is 79.6 Å². The zero-order chi connectivity index (χ0) is 35.2. The van der Waals surface area contributed by atoms with Crippen molar-refractivity contribution in [3.63, 3.8) is 0 Å². The van der Waals surface area contributed by atoms with Gasteiger partial charge in [0, 0.05) is 11.1 Å². The summed E-state index contributed by atoms with van der Waals surface area (Å²) in [6.45, 7) is 8.37. The topological polar surface area (TPSA) is 43.9 Å². The zero-order valence-electron chi connectivity index (χ0n) is 30.8. The van der Waals surface area contributed by atoms with Crippen LogP contribution in [0.15, 0.2) is 97.1 Å². The van der Waals surface area contributed by atoms with E-state index in [1.807, 2.05) is 52.5 Å². The van der Waals surface area contributed by atoms with Gasteiger partial charge in [0.1, 0.15) is 0 Å². The molecule has 0 bridgehead atoms. The Kier molecular flexibility index (Phi) is 12.0. The third-order valence-corrected chi connectivity index (χ3v) is 10.5. The number of carbonyl (C=O) groups is 2. The minimum atomic E-state index is -0.639. The SMILES string of the molecule is CCC(Cc1ccc(C)cc1)(C(=O)c1ccc(C(c2ccc(C(=O)C(CC)(Cc3ccc(C)cc3)N(C)C)cc2)N(C)C)cc1)N(C)C. The third kappa shape index (κ3) is 7.70. The predicted molar refractivity (Wildman–Crippen MR) is 200 cm³/mol. The van der Waals surface area contributed by atoms with E-state index < -0.39 is 11.1 Å². The summed E-state index contributed by atoms with van der Waals surface area (Å²) in [5.74, 6) is 0.273. The molecule has 0 aliphatic carbocycles. The number of nitrogens with zero attached hydrogens (tertiary/aromatic N) is 3. The molecule has 0 amide bonds. The normalized spacial score (nSPS) is 14.9. The molecule has 2 unspecified atom stereocenters. The van der Waals surface area contributed by atoms with Crippen LogP contribution in [0.5, 0.6) is 0 Å². The highest BCUT2D eigenvalue weighted by molar-refractivity contribution is 6.04. The maximum absolute atomic E-state index is 14.2. The van der Waals surface area contributed by atoms with Crippen molar-refractivity contribution < 1.29 is 9.59 Å². The fourth-order valence-electron chi connectivity index (χ4n) is 7.13. The van der Waals surface area contributed by atoms with E-state index in [-0.39, 0.29) is 17.6 Å². The standard InChI is InChI=1S/C43H55N3O2/c1-11-42(45(7)8,29-33-17-13-31(3)14-18-33)40(47)37-25-21-35(22-26-37)39(44(5)6)36-23-27-38(28-24-36)41(48)43(12-2,46(9)10)30-34-19-15-32(4)16-20-34/h13-28,39H,11-12,29-30H2,1-10H3. The first kappa shape index (κ1) is 36.9. The van der Waals surface area contributed by atoms with Crippen LogP contribution in [0.25, 0.3) is 0 Å². The van der Waals surface area contributed by atoms with Crippen LogP contribution in [0.3, 0.4) is 0 Å². The highest BCUT2D eigenvalue weighted by atomic mass is 16.1. The summed E-state index contributed by atoms with van der Waals surface area (Å²) in [6, 6.07) is 33.2. The molecule has 254 valence electrons. The molecular weight excluding hydrogens is 590 g/mol. The van der Waals surface area contributed by atoms with Gasteiger partial charge in [-0.3, -0.25) is 24.3 Å². The van der Waals surface area contributed by atoms with E-state index in [4.69, 9.17) is 0 Å². The van der Waals surface area contributed by atoms with Gasteiger partial charge in [-0.2, -0.15) is 0 Å². The maximum atomic E-state index is 14.2. The van der Waals surface area contributed by atoms with Crippen LogP contribution < -0.4 is 0 Å². The Bertz CT molecular complexity index is 1530. The average Bonchev–Trinajstić information content (AvgIpc) is 3.07. The molecule has 0 radical (unpaired) electrons. The highest BCUT2D eigenvalue weighted by Crippen LogP contribution is 2.33. The van der Waals surface area contributed by atoms with Crippen LogP contribution in [0, 0.1) is 13.8 Å². The lowest BCUT2D eigenvalue weighted by atomic mass is 9.79. The Morgan fingerprint density at radius 3 is 1.08 bits per heavy atom. The molecule has 2 atom stereocenters. The van der Waals surface area contributed by atoms with Gasteiger partial charge in [-0.1, -0.05) is 122 Å². The lowest BCUT2D eigenvalue weighted by Crippen LogP contribution is -2.52. The minimum Gasteiger partial charge on any atom is -0.299 e. The Labute approximate surface area is 289 Å². The van der Waals surface area contributed by atoms with Crippen LogP contribution in [-0.2, 0) is 12.8 Å². The summed E-state index contributed by atoms with van der Waals surface area (Å²) in [5.41, 5.74) is 7.09. The van der Waals surface area contributed by atoms with E-state index in [1.54, 1.807) is 0 Å². The Morgan fingerprint density at radius 1 is 0.521 bits per heavy atom. The summed E-state index contributed by atoms with van der Waals surface area (Å²) in [5, 5.41) is 0. The van der Waals surface area contributed by atoms with E-state index in [0.29, 0.717) is 36.8 Å². The molecule has 48 heavy (non-hydrogen) atoms. The molecule has 0 fully saturated rings. The van der Waals surface area contributed by atoms with E-state index in [1.165, 1.54) is 11.1 Å². The molecule has 0 saturated carbocycles. The second-order valence-electron chi connectivity index (χ2n) is 14.2. The first-order valence-electron chi connectivity index (χ1n) is 17.2. The molecule has 4 aromatic rings. The van der Waals surface area contributed by atoms with Gasteiger partial charge in [0.05, 0.1) is 17.1 Å². The molecule has 4 rings (SSSR count). The summed E-state index contributed by atoms with van der Waals surface area (Å²) in [7, 11) is 12.2. The third-order valence-electron chi connectivity index (χ3n) is 10.5. The van der Waals surface area contributed by atoms with Gasteiger partial charge in [0.15, 0.2) is 11.6 Å². The molecule has 0 aliphatic heterocycles. The number of ketones is 2. The molecule has 4 aromatic carbocycles. The number of hydrogen-bond acceptors (Lipinski definition) is 5. The predicted octanol–water partition coefficient (Wildman–Crippen LogP) is 8.23. The van der Waals surface area contributed by atoms with Crippen molar-refractivity contribution in [1.82, 2.24) is 14.7 Å². The Hall–Kier alpha value is -3.90. The lowest BCUT2D eigenvalue weighted by Gasteiger charge is -2.38. The molecule has 0 N–H and O–H groups in total. The average molecular weight is 646 g/mol. The molecule has 5 nitrogen and oxygen atoms in total. The summed E-state index contributed by atoms with van der Waals surface area (Å²) >= 11 is 0. The van der Waals surface area contributed by atoms with Gasteiger partial charge in [0.2, 0.25) is 0 Å². The second kappa shape index (κ2) is 15.5. The van der Waals surface area contributed by atoms with Gasteiger partial charge >= 0.3 is 0 Å². The van der Waals surface area contributed by atoms with Crippen molar-refractivity contribution in [1.29, 1.82) is 0 Å². The molecular formula is C43H55N3O2. The smallest absolute Gasteiger partial charge is 0.183 e. The van der Waals surface area contributed by atoms with Crippen LogP contribution in [0.2, 0.25) is 0 Å². The first-order valence-corrected chi connectivity index (χ1v) is 17.2. The molecule has 0 aromatic heterocycles. The van der Waals surface area contributed by atoms with Crippen molar-refractivity contribution in [2.24, 2.45) is 0 Å². The molecule has 0 spiro atoms. The van der Waals surface area contributed by atoms with Gasteiger partial charge in [0.25, 0.3) is 0 Å². The maximum Gasteiger partial charge on any atom is 0.183 e. The number of rotatable bonds is 15. The van der Waals surface area contributed by atoms with E-state index in [9.17, 15) is 9.59 Å². The first-order chi connectivity index (χ1) is 22.8. The van der Waals surface area contributed by atoms with Crippen LogP contribution in [0.4, 0.5) is 0 Å². The monoisotopic (exact) mass is 645 g/mol. The summed E-state index contributed by atoms with van der Waals surface area (Å²) in [6.07, 6.45) is 2.72. The van der Waals surface area contributed by atoms with Crippen molar-refractivity contribution in [2.45, 2.75) is 70.5 Å². The van der Waals surface area contributed by atoms with Crippen LogP contribution in [0.1, 0.15) is 86.8 Å². The number of benzene rings is 4. The Balaban J connectivity index is 1.60. The fraction of sp³-hybridized carbons (Fsp3) is 0.395. The second-order valence-corrected chi connectivity index (χ2v) is 14.2. The molecule has 0 aliphatic rings. The molecule has 5 heteroatoms. The highest BCUT2D eigenvalue weighted by Gasteiger charge is 2.41. The largest absolute Gasteiger partial charge is 0.299 e. The van der Waals surface area contributed by atoms with Gasteiger partial charge in [-0.15, -0.1) is 0 Å². The van der Waals surface area contributed by atoms with E-state index in [0.717, 1.165) is 22.3 Å². The van der Waals surface area contributed by atoms with Gasteiger partial charge in [-0.05, 0) is 104 Å². The van der Waals surface area contributed by atoms with Crippen molar-refractivity contribution in [3.8, 4) is 0 Å². The number of carbonyl (C=O) groups excluding carboxylic acids is 2. The molecule has 0 saturated heterocycles. The van der Waals surface area contributed by atoms with Crippen molar-refractivity contribution >= 4 is 11.6 Å². The number of likely N-dealkylation sites (N-methyl/N-ethyl adjacent to an activating group) is 2. The summed E-state index contributed by atoms with van der Waals surface area (Å²) < 4.78 is 0. The zero-order valence-corrected chi connectivity index (χ0v) is 30.8. The van der Waals surface area contributed by atoms with Crippen LogP contribution >= 0.6 is 0 Å². The number of hydrogen-bond donors (Lipinski definition) is 0. The van der Waals surface area contributed by atoms with Crippen molar-refractivity contribution in [3.05, 3.63) is 142 Å². The van der Waals surface area contributed by atoms with E-state index in [2.05, 4.69) is 129 Å². The number of aryl methyl sites for hydroxylation is 2.